The number of sulfone groups is 1. The van der Waals surface area contributed by atoms with Crippen LogP contribution in [0, 0.1) is 0 Å². The Morgan fingerprint density at radius 1 is 1.32 bits per heavy atom. The van der Waals surface area contributed by atoms with Crippen molar-refractivity contribution in [1.82, 2.24) is 0 Å². The minimum Gasteiger partial charge on any atom is -0.307 e. The summed E-state index contributed by atoms with van der Waals surface area (Å²) in [6.45, 7) is 0. The van der Waals surface area contributed by atoms with Gasteiger partial charge >= 0.3 is 0 Å². The first-order valence-electron chi connectivity index (χ1n) is 5.77. The molecule has 0 radical (unpaired) electrons. The van der Waals surface area contributed by atoms with Gasteiger partial charge in [-0.3, -0.25) is 4.79 Å². The lowest BCUT2D eigenvalue weighted by atomic mass is 10.2. The Morgan fingerprint density at radius 3 is 2.42 bits per heavy atom. The van der Waals surface area contributed by atoms with Gasteiger partial charge in [-0.05, 0) is 30.7 Å². The van der Waals surface area contributed by atoms with Gasteiger partial charge in [0.1, 0.15) is 5.88 Å². The number of anilines is 1. The molecule has 1 atom stereocenters. The first kappa shape index (κ1) is 14.6. The lowest BCUT2D eigenvalue weighted by molar-refractivity contribution is -0.116. The van der Waals surface area contributed by atoms with Crippen LogP contribution in [-0.4, -0.2) is 37.8 Å². The third-order valence-electron chi connectivity index (χ3n) is 3.06. The van der Waals surface area contributed by atoms with Gasteiger partial charge in [0, 0.05) is 10.7 Å². The fourth-order valence-corrected chi connectivity index (χ4v) is 4.16. The van der Waals surface area contributed by atoms with E-state index in [-0.39, 0.29) is 29.3 Å². The molecule has 4 nitrogen and oxygen atoms in total. The minimum atomic E-state index is -3.06. The number of benzene rings is 1. The van der Waals surface area contributed by atoms with Crippen molar-refractivity contribution in [2.24, 2.45) is 0 Å². The molecule has 1 saturated heterocycles. The highest BCUT2D eigenvalue weighted by atomic mass is 35.5. The highest BCUT2D eigenvalue weighted by Crippen LogP contribution is 2.26. The van der Waals surface area contributed by atoms with E-state index in [4.69, 9.17) is 23.2 Å². The summed E-state index contributed by atoms with van der Waals surface area (Å²) >= 11 is 11.4. The maximum atomic E-state index is 12.0. The predicted octanol–water partition coefficient (Wildman–Crippen LogP) is 2.10. The van der Waals surface area contributed by atoms with E-state index in [1.165, 1.54) is 4.90 Å². The third-order valence-corrected chi connectivity index (χ3v) is 5.29. The van der Waals surface area contributed by atoms with E-state index < -0.39 is 9.84 Å². The molecule has 0 bridgehead atoms. The smallest absolute Gasteiger partial charge is 0.242 e. The summed E-state index contributed by atoms with van der Waals surface area (Å²) in [5.74, 6) is -0.388. The molecule has 1 aromatic carbocycles. The van der Waals surface area contributed by atoms with Crippen molar-refractivity contribution >= 4 is 44.6 Å². The van der Waals surface area contributed by atoms with Gasteiger partial charge in [0.2, 0.25) is 5.91 Å². The average Bonchev–Trinajstić information content (AvgIpc) is 2.72. The van der Waals surface area contributed by atoms with Gasteiger partial charge in [-0.2, -0.15) is 0 Å². The van der Waals surface area contributed by atoms with Gasteiger partial charge in [0.25, 0.3) is 0 Å². The second-order valence-corrected chi connectivity index (χ2v) is 7.36. The van der Waals surface area contributed by atoms with Crippen molar-refractivity contribution in [1.29, 1.82) is 0 Å². The van der Waals surface area contributed by atoms with Crippen molar-refractivity contribution in [2.75, 3.05) is 22.3 Å². The third kappa shape index (κ3) is 3.41. The van der Waals surface area contributed by atoms with Crippen molar-refractivity contribution < 1.29 is 13.2 Å². The molecule has 0 saturated carbocycles. The quantitative estimate of drug-likeness (QED) is 0.801. The van der Waals surface area contributed by atoms with E-state index in [0.717, 1.165) is 0 Å². The van der Waals surface area contributed by atoms with Gasteiger partial charge in [-0.1, -0.05) is 11.6 Å². The zero-order valence-corrected chi connectivity index (χ0v) is 12.4. The lowest BCUT2D eigenvalue weighted by Gasteiger charge is -2.27. The Balaban J connectivity index is 2.32. The monoisotopic (exact) mass is 321 g/mol. The Morgan fingerprint density at radius 2 is 1.95 bits per heavy atom. The van der Waals surface area contributed by atoms with Crippen LogP contribution >= 0.6 is 23.2 Å². The molecule has 0 N–H and O–H groups in total. The molecular formula is C12H13Cl2NO3S. The Bertz CT molecular complexity index is 571. The Labute approximate surface area is 122 Å². The minimum absolute atomic E-state index is 0.0156. The van der Waals surface area contributed by atoms with Crippen LogP contribution in [0.3, 0.4) is 0 Å². The maximum absolute atomic E-state index is 12.0. The molecule has 1 aliphatic rings. The van der Waals surface area contributed by atoms with E-state index in [1.54, 1.807) is 24.3 Å². The van der Waals surface area contributed by atoms with Crippen LogP contribution in [-0.2, 0) is 14.6 Å². The van der Waals surface area contributed by atoms with E-state index in [1.807, 2.05) is 0 Å². The number of nitrogens with zero attached hydrogens (tertiary/aromatic N) is 1. The van der Waals surface area contributed by atoms with Gasteiger partial charge < -0.3 is 4.90 Å². The van der Waals surface area contributed by atoms with Crippen molar-refractivity contribution in [3.63, 3.8) is 0 Å². The molecular weight excluding hydrogens is 309 g/mol. The van der Waals surface area contributed by atoms with E-state index in [9.17, 15) is 13.2 Å². The largest absolute Gasteiger partial charge is 0.307 e. The summed E-state index contributed by atoms with van der Waals surface area (Å²) in [6, 6.07) is 6.36. The number of amides is 1. The van der Waals surface area contributed by atoms with Crippen LogP contribution in [0.15, 0.2) is 24.3 Å². The van der Waals surface area contributed by atoms with Gasteiger partial charge in [0.15, 0.2) is 9.84 Å². The second-order valence-electron chi connectivity index (χ2n) is 4.43. The van der Waals surface area contributed by atoms with E-state index in [2.05, 4.69) is 0 Å². The van der Waals surface area contributed by atoms with E-state index >= 15 is 0 Å². The highest BCUT2D eigenvalue weighted by Gasteiger charge is 2.35. The Hall–Kier alpha value is -0.780. The fourth-order valence-electron chi connectivity index (χ4n) is 2.20. The molecule has 0 aliphatic carbocycles. The molecule has 7 heteroatoms. The predicted molar refractivity (Wildman–Crippen MR) is 76.7 cm³/mol. The van der Waals surface area contributed by atoms with Crippen molar-refractivity contribution in [2.45, 2.75) is 12.5 Å². The number of hydrogen-bond donors (Lipinski definition) is 0. The van der Waals surface area contributed by atoms with Crippen LogP contribution in [0.5, 0.6) is 0 Å². The van der Waals surface area contributed by atoms with Crippen molar-refractivity contribution in [3.8, 4) is 0 Å². The number of halogens is 2. The molecule has 0 spiro atoms. The summed E-state index contributed by atoms with van der Waals surface area (Å²) in [6.07, 6.45) is 0.438. The normalized spacial score (nSPS) is 21.3. The molecule has 1 aromatic rings. The molecule has 0 aromatic heterocycles. The molecule has 1 amide bonds. The van der Waals surface area contributed by atoms with Crippen LogP contribution in [0.2, 0.25) is 5.02 Å². The number of alkyl halides is 1. The standard InChI is InChI=1S/C12H13Cl2NO3S/c13-7-12(16)15(10-3-1-9(14)2-4-10)11-5-6-19(17,18)8-11/h1-4,11H,5-8H2/t11-/m0/s1. The summed E-state index contributed by atoms with van der Waals surface area (Å²) in [7, 11) is -3.06. The number of hydrogen-bond acceptors (Lipinski definition) is 3. The van der Waals surface area contributed by atoms with Crippen LogP contribution < -0.4 is 4.90 Å². The molecule has 19 heavy (non-hydrogen) atoms. The zero-order valence-electron chi connectivity index (χ0n) is 10.1. The summed E-state index contributed by atoms with van der Waals surface area (Å²) in [5, 5.41) is 0.557. The zero-order chi connectivity index (χ0) is 14.0. The highest BCUT2D eigenvalue weighted by molar-refractivity contribution is 7.91. The maximum Gasteiger partial charge on any atom is 0.242 e. The van der Waals surface area contributed by atoms with Crippen LogP contribution in [0.25, 0.3) is 0 Å². The summed E-state index contributed by atoms with van der Waals surface area (Å²) < 4.78 is 23.1. The van der Waals surface area contributed by atoms with Gasteiger partial charge in [-0.15, -0.1) is 11.6 Å². The second kappa shape index (κ2) is 5.69. The molecule has 1 fully saturated rings. The van der Waals surface area contributed by atoms with Crippen LogP contribution in [0.1, 0.15) is 6.42 Å². The number of carbonyl (C=O) groups excluding carboxylic acids is 1. The Kier molecular flexibility index (Phi) is 4.38. The summed E-state index contributed by atoms with van der Waals surface area (Å²) in [4.78, 5) is 13.4. The molecule has 104 valence electrons. The van der Waals surface area contributed by atoms with Crippen LogP contribution in [0.4, 0.5) is 5.69 Å². The number of carbonyl (C=O) groups is 1. The van der Waals surface area contributed by atoms with E-state index in [0.29, 0.717) is 17.1 Å². The van der Waals surface area contributed by atoms with Gasteiger partial charge in [0.05, 0.1) is 17.5 Å². The first-order chi connectivity index (χ1) is 8.93. The lowest BCUT2D eigenvalue weighted by Crippen LogP contribution is -2.42. The first-order valence-corrected chi connectivity index (χ1v) is 8.50. The molecule has 1 aliphatic heterocycles. The topological polar surface area (TPSA) is 54.5 Å². The molecule has 1 heterocycles. The molecule has 0 unspecified atom stereocenters. The van der Waals surface area contributed by atoms with Gasteiger partial charge in [-0.25, -0.2) is 8.42 Å². The van der Waals surface area contributed by atoms with Crippen molar-refractivity contribution in [3.05, 3.63) is 29.3 Å². The number of rotatable bonds is 3. The average molecular weight is 322 g/mol. The SMILES string of the molecule is O=C(CCl)N(c1ccc(Cl)cc1)[C@H]1CCS(=O)(=O)C1. The molecule has 2 rings (SSSR count). The summed E-state index contributed by atoms with van der Waals surface area (Å²) in [5.41, 5.74) is 0.622. The fraction of sp³-hybridized carbons (Fsp3) is 0.417.